The number of carbonyl (C=O) groups excluding carboxylic acids is 1. The van der Waals surface area contributed by atoms with Crippen molar-refractivity contribution in [1.29, 1.82) is 0 Å². The summed E-state index contributed by atoms with van der Waals surface area (Å²) in [6.45, 7) is 0. The highest BCUT2D eigenvalue weighted by molar-refractivity contribution is 5.96. The molecule has 25 heavy (non-hydrogen) atoms. The van der Waals surface area contributed by atoms with Gasteiger partial charge < -0.3 is 4.74 Å². The zero-order valence-corrected chi connectivity index (χ0v) is 13.0. The first-order valence-electron chi connectivity index (χ1n) is 7.16. The van der Waals surface area contributed by atoms with Crippen LogP contribution < -0.4 is 0 Å². The Balaban J connectivity index is 2.13. The van der Waals surface area contributed by atoms with Crippen molar-refractivity contribution in [3.05, 3.63) is 66.1 Å². The molecule has 0 N–H and O–H groups in total. The average Bonchev–Trinajstić information content (AvgIpc) is 3.06. The van der Waals surface area contributed by atoms with Crippen molar-refractivity contribution in [1.82, 2.24) is 14.8 Å². The van der Waals surface area contributed by atoms with Crippen LogP contribution in [0.25, 0.3) is 16.9 Å². The summed E-state index contributed by atoms with van der Waals surface area (Å²) in [4.78, 5) is 16.0. The van der Waals surface area contributed by atoms with Gasteiger partial charge in [-0.25, -0.2) is 9.48 Å². The number of rotatable bonds is 3. The molecule has 0 saturated heterocycles. The largest absolute Gasteiger partial charge is 0.465 e. The first-order chi connectivity index (χ1) is 11.9. The van der Waals surface area contributed by atoms with Crippen LogP contribution in [0.4, 0.5) is 13.2 Å². The topological polar surface area (TPSA) is 57.0 Å². The van der Waals surface area contributed by atoms with Gasteiger partial charge >= 0.3 is 12.1 Å². The van der Waals surface area contributed by atoms with Crippen LogP contribution in [-0.4, -0.2) is 27.8 Å². The van der Waals surface area contributed by atoms with E-state index in [0.29, 0.717) is 5.56 Å². The predicted molar refractivity (Wildman–Crippen MR) is 83.1 cm³/mol. The van der Waals surface area contributed by atoms with Crippen molar-refractivity contribution >= 4 is 5.97 Å². The number of esters is 1. The lowest BCUT2D eigenvalue weighted by atomic mass is 10.1. The van der Waals surface area contributed by atoms with Gasteiger partial charge in [0.1, 0.15) is 11.3 Å². The predicted octanol–water partition coefficient (Wildman–Crippen LogP) is 3.74. The molecule has 3 aromatic rings. The van der Waals surface area contributed by atoms with Gasteiger partial charge in [-0.15, -0.1) is 0 Å². The minimum Gasteiger partial charge on any atom is -0.465 e. The highest BCUT2D eigenvalue weighted by Crippen LogP contribution is 2.31. The number of aromatic nitrogens is 3. The number of hydrogen-bond acceptors (Lipinski definition) is 4. The van der Waals surface area contributed by atoms with Crippen LogP contribution in [0.5, 0.6) is 0 Å². The maximum Gasteiger partial charge on any atom is 0.416 e. The minimum absolute atomic E-state index is 0.132. The summed E-state index contributed by atoms with van der Waals surface area (Å²) in [5, 5.41) is 4.25. The van der Waals surface area contributed by atoms with Gasteiger partial charge in [0, 0.05) is 24.2 Å². The van der Waals surface area contributed by atoms with Crippen molar-refractivity contribution < 1.29 is 22.7 Å². The third kappa shape index (κ3) is 3.37. The van der Waals surface area contributed by atoms with E-state index in [0.717, 1.165) is 12.1 Å². The van der Waals surface area contributed by atoms with Gasteiger partial charge in [-0.05, 0) is 30.3 Å². The van der Waals surface area contributed by atoms with Gasteiger partial charge in [-0.1, -0.05) is 6.07 Å². The van der Waals surface area contributed by atoms with Crippen LogP contribution in [0, 0.1) is 0 Å². The van der Waals surface area contributed by atoms with E-state index in [-0.39, 0.29) is 16.9 Å². The van der Waals surface area contributed by atoms with Gasteiger partial charge in [0.15, 0.2) is 0 Å². The van der Waals surface area contributed by atoms with Crippen LogP contribution in [0.2, 0.25) is 0 Å². The molecule has 5 nitrogen and oxygen atoms in total. The summed E-state index contributed by atoms with van der Waals surface area (Å²) in [6, 6.07) is 8.03. The fourth-order valence-corrected chi connectivity index (χ4v) is 2.31. The van der Waals surface area contributed by atoms with Crippen LogP contribution >= 0.6 is 0 Å². The fraction of sp³-hybridized carbons (Fsp3) is 0.118. The molecule has 0 unspecified atom stereocenters. The van der Waals surface area contributed by atoms with E-state index >= 15 is 0 Å². The van der Waals surface area contributed by atoms with Crippen LogP contribution in [0.3, 0.4) is 0 Å². The van der Waals surface area contributed by atoms with Gasteiger partial charge in [0.25, 0.3) is 0 Å². The summed E-state index contributed by atoms with van der Waals surface area (Å²) < 4.78 is 44.7. The lowest BCUT2D eigenvalue weighted by molar-refractivity contribution is -0.137. The standard InChI is InChI=1S/C17H12F3N3O2/c1-25-16(24)14-10-23(22-15(14)11-4-3-7-21-9-11)13-6-2-5-12(8-13)17(18,19)20/h2-10H,1H3. The number of halogens is 3. The number of ether oxygens (including phenoxy) is 1. The zero-order valence-electron chi connectivity index (χ0n) is 13.0. The Labute approximate surface area is 140 Å². The molecular weight excluding hydrogens is 335 g/mol. The number of hydrogen-bond donors (Lipinski definition) is 0. The number of alkyl halides is 3. The SMILES string of the molecule is COC(=O)c1cn(-c2cccc(C(F)(F)F)c2)nc1-c1cccnc1. The molecule has 0 spiro atoms. The quantitative estimate of drug-likeness (QED) is 0.677. The molecule has 0 aliphatic rings. The second-order valence-corrected chi connectivity index (χ2v) is 5.12. The summed E-state index contributed by atoms with van der Waals surface area (Å²) in [6.07, 6.45) is -0.0689. The Bertz CT molecular complexity index is 905. The van der Waals surface area contributed by atoms with Gasteiger partial charge in [-0.2, -0.15) is 18.3 Å². The third-order valence-corrected chi connectivity index (χ3v) is 3.49. The van der Waals surface area contributed by atoms with Crippen molar-refractivity contribution in [3.8, 4) is 16.9 Å². The molecule has 8 heteroatoms. The maximum atomic E-state index is 12.9. The van der Waals surface area contributed by atoms with E-state index in [1.54, 1.807) is 18.3 Å². The molecule has 1 aromatic carbocycles. The highest BCUT2D eigenvalue weighted by Gasteiger charge is 2.30. The van der Waals surface area contributed by atoms with Crippen LogP contribution in [0.1, 0.15) is 15.9 Å². The zero-order chi connectivity index (χ0) is 18.0. The number of pyridine rings is 1. The van der Waals surface area contributed by atoms with E-state index in [4.69, 9.17) is 4.74 Å². The molecule has 0 aliphatic heterocycles. The molecule has 0 bridgehead atoms. The Morgan fingerprint density at radius 3 is 2.64 bits per heavy atom. The Morgan fingerprint density at radius 1 is 1.20 bits per heavy atom. The molecule has 0 atom stereocenters. The summed E-state index contributed by atoms with van der Waals surface area (Å²) in [5.74, 6) is -0.642. The van der Waals surface area contributed by atoms with E-state index < -0.39 is 17.7 Å². The van der Waals surface area contributed by atoms with Crippen molar-refractivity contribution in [3.63, 3.8) is 0 Å². The van der Waals surface area contributed by atoms with Crippen molar-refractivity contribution in [2.75, 3.05) is 7.11 Å². The van der Waals surface area contributed by atoms with Gasteiger partial charge in [-0.3, -0.25) is 4.98 Å². The maximum absolute atomic E-state index is 12.9. The Kier molecular flexibility index (Phi) is 4.26. The number of methoxy groups -OCH3 is 1. The monoisotopic (exact) mass is 347 g/mol. The molecule has 0 aliphatic carbocycles. The average molecular weight is 347 g/mol. The second kappa shape index (κ2) is 6.39. The molecule has 2 heterocycles. The number of carbonyl (C=O) groups is 1. The second-order valence-electron chi connectivity index (χ2n) is 5.12. The van der Waals surface area contributed by atoms with E-state index in [2.05, 4.69) is 10.1 Å². The molecule has 0 radical (unpaired) electrons. The van der Waals surface area contributed by atoms with Gasteiger partial charge in [0.2, 0.25) is 0 Å². The number of nitrogens with zero attached hydrogens (tertiary/aromatic N) is 3. The lowest BCUT2D eigenvalue weighted by Crippen LogP contribution is -2.06. The van der Waals surface area contributed by atoms with Crippen molar-refractivity contribution in [2.45, 2.75) is 6.18 Å². The van der Waals surface area contributed by atoms with Crippen molar-refractivity contribution in [2.24, 2.45) is 0 Å². The normalized spacial score (nSPS) is 11.4. The lowest BCUT2D eigenvalue weighted by Gasteiger charge is -2.08. The highest BCUT2D eigenvalue weighted by atomic mass is 19.4. The molecule has 0 fully saturated rings. The molecule has 3 rings (SSSR count). The summed E-state index contributed by atoms with van der Waals surface area (Å²) in [5.41, 5.74) is 0.331. The Morgan fingerprint density at radius 2 is 2.00 bits per heavy atom. The molecule has 0 saturated carbocycles. The molecule has 128 valence electrons. The number of benzene rings is 1. The smallest absolute Gasteiger partial charge is 0.416 e. The summed E-state index contributed by atoms with van der Waals surface area (Å²) in [7, 11) is 1.22. The van der Waals surface area contributed by atoms with E-state index in [9.17, 15) is 18.0 Å². The first-order valence-corrected chi connectivity index (χ1v) is 7.16. The van der Waals surface area contributed by atoms with Crippen LogP contribution in [0.15, 0.2) is 55.0 Å². The first kappa shape index (κ1) is 16.7. The fourth-order valence-electron chi connectivity index (χ4n) is 2.31. The van der Waals surface area contributed by atoms with Crippen LogP contribution in [-0.2, 0) is 10.9 Å². The van der Waals surface area contributed by atoms with E-state index in [1.807, 2.05) is 0 Å². The molecule has 2 aromatic heterocycles. The molecule has 0 amide bonds. The summed E-state index contributed by atoms with van der Waals surface area (Å²) >= 11 is 0. The molecular formula is C17H12F3N3O2. The van der Waals surface area contributed by atoms with Gasteiger partial charge in [0.05, 0.1) is 18.4 Å². The third-order valence-electron chi connectivity index (χ3n) is 3.49. The minimum atomic E-state index is -4.47. The van der Waals surface area contributed by atoms with E-state index in [1.165, 1.54) is 36.3 Å². The Hall–Kier alpha value is -3.16.